The average molecular weight is 467 g/mol. The van der Waals surface area contributed by atoms with Gasteiger partial charge in [0, 0.05) is 49.9 Å². The Morgan fingerprint density at radius 3 is 2.60 bits per heavy atom. The standard InChI is InChI=1S/C30H34N4O/c1-33-30(17-29(32-33)25-10-9-22-5-3-4-6-23(22)15-25)28-20-34-14-13-24(28)16-26(34)19-31-18-21-7-11-27(35-2)12-8-21/h3-12,15,17,24,26,28,31H,13-14,16,18-20H2,1-2H3/t24-,26+,28+/m0/s1. The van der Waals surface area contributed by atoms with Crippen molar-refractivity contribution in [2.75, 3.05) is 26.7 Å². The number of nitrogens with zero attached hydrogens (tertiary/aromatic N) is 3. The minimum absolute atomic E-state index is 0.563. The largest absolute Gasteiger partial charge is 0.497 e. The van der Waals surface area contributed by atoms with Gasteiger partial charge in [-0.25, -0.2) is 0 Å². The number of hydrogen-bond acceptors (Lipinski definition) is 4. The topological polar surface area (TPSA) is 42.3 Å². The van der Waals surface area contributed by atoms with Crippen LogP contribution in [0, 0.1) is 5.92 Å². The summed E-state index contributed by atoms with van der Waals surface area (Å²) in [5.41, 5.74) is 4.97. The minimum Gasteiger partial charge on any atom is -0.497 e. The van der Waals surface area contributed by atoms with Crippen molar-refractivity contribution in [1.29, 1.82) is 0 Å². The number of hydrogen-bond donors (Lipinski definition) is 1. The first-order valence-corrected chi connectivity index (χ1v) is 12.8. The molecule has 3 fully saturated rings. The second-order valence-electron chi connectivity index (χ2n) is 10.2. The van der Waals surface area contributed by atoms with Crippen LogP contribution in [0.2, 0.25) is 0 Å². The predicted octanol–water partition coefficient (Wildman–Crippen LogP) is 5.22. The van der Waals surface area contributed by atoms with Crippen LogP contribution in [0.5, 0.6) is 5.75 Å². The third kappa shape index (κ3) is 4.46. The summed E-state index contributed by atoms with van der Waals surface area (Å²) in [4.78, 5) is 2.70. The van der Waals surface area contributed by atoms with Gasteiger partial charge in [0.2, 0.25) is 0 Å². The number of aryl methyl sites for hydroxylation is 1. The fraction of sp³-hybridized carbons (Fsp3) is 0.367. The lowest BCUT2D eigenvalue weighted by Gasteiger charge is -2.50. The lowest BCUT2D eigenvalue weighted by molar-refractivity contribution is 0.0282. The monoisotopic (exact) mass is 466 g/mol. The minimum atomic E-state index is 0.563. The van der Waals surface area contributed by atoms with E-state index in [9.17, 15) is 0 Å². The van der Waals surface area contributed by atoms with Crippen LogP contribution in [0.25, 0.3) is 22.0 Å². The van der Waals surface area contributed by atoms with Crippen LogP contribution in [0.15, 0.2) is 72.8 Å². The first kappa shape index (κ1) is 22.3. The molecule has 1 aromatic heterocycles. The summed E-state index contributed by atoms with van der Waals surface area (Å²) in [6.45, 7) is 4.30. The average Bonchev–Trinajstić information content (AvgIpc) is 3.30. The van der Waals surface area contributed by atoms with Gasteiger partial charge >= 0.3 is 0 Å². The highest BCUT2D eigenvalue weighted by Gasteiger charge is 2.41. The molecule has 4 heterocycles. The maximum Gasteiger partial charge on any atom is 0.118 e. The van der Waals surface area contributed by atoms with Crippen LogP contribution in [0.3, 0.4) is 0 Å². The molecule has 4 aromatic rings. The fourth-order valence-corrected chi connectivity index (χ4v) is 6.13. The van der Waals surface area contributed by atoms with E-state index < -0.39 is 0 Å². The lowest BCUT2D eigenvalue weighted by Crippen LogP contribution is -2.55. The van der Waals surface area contributed by atoms with E-state index in [1.54, 1.807) is 7.11 Å². The molecule has 3 aliphatic rings. The van der Waals surface area contributed by atoms with E-state index in [0.29, 0.717) is 12.0 Å². The molecule has 0 aliphatic carbocycles. The van der Waals surface area contributed by atoms with Gasteiger partial charge in [-0.1, -0.05) is 48.5 Å². The molecule has 0 amide bonds. The fourth-order valence-electron chi connectivity index (χ4n) is 6.13. The van der Waals surface area contributed by atoms with Gasteiger partial charge < -0.3 is 10.1 Å². The molecule has 1 N–H and O–H groups in total. The van der Waals surface area contributed by atoms with E-state index >= 15 is 0 Å². The molecule has 7 rings (SSSR count). The Hall–Kier alpha value is -3.15. The number of fused-ring (bicyclic) bond motifs is 4. The molecular formula is C30H34N4O. The van der Waals surface area contributed by atoms with Gasteiger partial charge in [0.05, 0.1) is 12.8 Å². The lowest BCUT2D eigenvalue weighted by atomic mass is 9.74. The maximum absolute atomic E-state index is 5.27. The molecule has 1 unspecified atom stereocenters. The third-order valence-electron chi connectivity index (χ3n) is 8.09. The van der Waals surface area contributed by atoms with Crippen molar-refractivity contribution in [2.45, 2.75) is 31.3 Å². The van der Waals surface area contributed by atoms with Gasteiger partial charge in [-0.05, 0) is 65.9 Å². The summed E-state index contributed by atoms with van der Waals surface area (Å²) >= 11 is 0. The third-order valence-corrected chi connectivity index (χ3v) is 8.09. The van der Waals surface area contributed by atoms with Gasteiger partial charge in [0.25, 0.3) is 0 Å². The van der Waals surface area contributed by atoms with E-state index in [2.05, 4.69) is 82.6 Å². The summed E-state index contributed by atoms with van der Waals surface area (Å²) in [7, 11) is 3.83. The van der Waals surface area contributed by atoms with Gasteiger partial charge in [-0.15, -0.1) is 0 Å². The highest BCUT2D eigenvalue weighted by Crippen LogP contribution is 2.42. The number of piperidine rings is 3. The number of nitrogens with one attached hydrogen (secondary N) is 1. The molecule has 5 nitrogen and oxygen atoms in total. The second-order valence-corrected chi connectivity index (χ2v) is 10.2. The Bertz CT molecular complexity index is 1310. The van der Waals surface area contributed by atoms with Crippen LogP contribution < -0.4 is 10.1 Å². The quantitative estimate of drug-likeness (QED) is 0.406. The molecule has 180 valence electrons. The van der Waals surface area contributed by atoms with Crippen LogP contribution in [-0.2, 0) is 13.6 Å². The Morgan fingerprint density at radius 1 is 1.00 bits per heavy atom. The van der Waals surface area contributed by atoms with Crippen molar-refractivity contribution in [2.24, 2.45) is 13.0 Å². The van der Waals surface area contributed by atoms with Gasteiger partial charge in [-0.3, -0.25) is 9.58 Å². The number of rotatable bonds is 7. The van der Waals surface area contributed by atoms with Crippen molar-refractivity contribution >= 4 is 10.8 Å². The molecule has 3 saturated heterocycles. The van der Waals surface area contributed by atoms with Gasteiger partial charge in [-0.2, -0.15) is 5.10 Å². The summed E-state index contributed by atoms with van der Waals surface area (Å²) < 4.78 is 7.40. The van der Waals surface area contributed by atoms with Crippen molar-refractivity contribution < 1.29 is 4.74 Å². The van der Waals surface area contributed by atoms with Crippen LogP contribution in [0.4, 0.5) is 0 Å². The Labute approximate surface area is 207 Å². The zero-order chi connectivity index (χ0) is 23.8. The number of ether oxygens (including phenoxy) is 1. The van der Waals surface area contributed by atoms with Crippen molar-refractivity contribution in [1.82, 2.24) is 20.0 Å². The zero-order valence-corrected chi connectivity index (χ0v) is 20.7. The molecule has 0 radical (unpaired) electrons. The molecule has 35 heavy (non-hydrogen) atoms. The first-order chi connectivity index (χ1) is 17.2. The van der Waals surface area contributed by atoms with Crippen molar-refractivity contribution in [3.05, 3.63) is 84.1 Å². The van der Waals surface area contributed by atoms with Gasteiger partial charge in [0.1, 0.15) is 5.75 Å². The molecule has 3 aromatic carbocycles. The van der Waals surface area contributed by atoms with Crippen LogP contribution in [0.1, 0.15) is 30.0 Å². The molecule has 4 atom stereocenters. The zero-order valence-electron chi connectivity index (χ0n) is 20.7. The maximum atomic E-state index is 5.27. The summed E-state index contributed by atoms with van der Waals surface area (Å²) in [5, 5.41) is 11.2. The SMILES string of the molecule is COc1ccc(CNC[C@H]2C[C@@H]3CCN2C[C@H]3c2cc(-c3ccc4ccccc4c3)nn2C)cc1. The Morgan fingerprint density at radius 2 is 1.83 bits per heavy atom. The van der Waals surface area contributed by atoms with E-state index in [1.807, 2.05) is 12.1 Å². The summed E-state index contributed by atoms with van der Waals surface area (Å²) in [6.07, 6.45) is 2.55. The smallest absolute Gasteiger partial charge is 0.118 e. The highest BCUT2D eigenvalue weighted by molar-refractivity contribution is 5.86. The molecule has 3 aliphatic heterocycles. The molecule has 0 saturated carbocycles. The molecule has 5 heteroatoms. The van der Waals surface area contributed by atoms with Gasteiger partial charge in [0.15, 0.2) is 0 Å². The molecule has 0 spiro atoms. The molecular weight excluding hydrogens is 432 g/mol. The van der Waals surface area contributed by atoms with Crippen LogP contribution >= 0.6 is 0 Å². The predicted molar refractivity (Wildman–Crippen MR) is 142 cm³/mol. The number of methoxy groups -OCH3 is 1. The number of benzene rings is 3. The van der Waals surface area contributed by atoms with Crippen LogP contribution in [-0.4, -0.2) is 47.5 Å². The first-order valence-electron chi connectivity index (χ1n) is 12.8. The van der Waals surface area contributed by atoms with E-state index in [-0.39, 0.29) is 0 Å². The molecule has 2 bridgehead atoms. The summed E-state index contributed by atoms with van der Waals surface area (Å²) in [5.74, 6) is 2.20. The Balaban J connectivity index is 1.12. The van der Waals surface area contributed by atoms with Crippen molar-refractivity contribution in [3.8, 4) is 17.0 Å². The highest BCUT2D eigenvalue weighted by atomic mass is 16.5. The van der Waals surface area contributed by atoms with E-state index in [4.69, 9.17) is 9.84 Å². The van der Waals surface area contributed by atoms with Crippen molar-refractivity contribution in [3.63, 3.8) is 0 Å². The van der Waals surface area contributed by atoms with E-state index in [0.717, 1.165) is 37.0 Å². The summed E-state index contributed by atoms with van der Waals surface area (Å²) in [6, 6.07) is 26.5. The van der Waals surface area contributed by atoms with E-state index in [1.165, 1.54) is 47.0 Å². The second kappa shape index (κ2) is 9.48. The number of aromatic nitrogens is 2. The normalized spacial score (nSPS) is 23.6. The Kier molecular flexibility index (Phi) is 6.05.